The average molecular weight is 389 g/mol. The topological polar surface area (TPSA) is 70.0 Å². The second-order valence-electron chi connectivity index (χ2n) is 3.19. The van der Waals surface area contributed by atoms with Crippen LogP contribution in [0.4, 0.5) is 0 Å². The van der Waals surface area contributed by atoms with Crippen LogP contribution in [0.3, 0.4) is 0 Å². The fourth-order valence-corrected chi connectivity index (χ4v) is 1.22. The summed E-state index contributed by atoms with van der Waals surface area (Å²) < 4.78 is 0. The number of rotatable bonds is 4. The van der Waals surface area contributed by atoms with Gasteiger partial charge in [0.2, 0.25) is 5.78 Å². The maximum Gasteiger partial charge on any atom is 0.285 e. The molecule has 1 aromatic carbocycles. The fourth-order valence-electron chi connectivity index (χ4n) is 1.22. The van der Waals surface area contributed by atoms with Gasteiger partial charge in [0.25, 0.3) is 5.91 Å². The summed E-state index contributed by atoms with van der Waals surface area (Å²) in [5.41, 5.74) is 8.42. The van der Waals surface area contributed by atoms with E-state index < -0.39 is 17.7 Å². The van der Waals surface area contributed by atoms with Crippen LogP contribution in [0.2, 0.25) is 0 Å². The van der Waals surface area contributed by atoms with Gasteiger partial charge in [0, 0.05) is 28.1 Å². The van der Waals surface area contributed by atoms with Crippen molar-refractivity contribution < 1.29 is 30.7 Å². The monoisotopic (exact) mass is 389 g/mol. The second kappa shape index (κ2) is 7.31. The largest absolute Gasteiger partial charge is 0.668 e. The maximum atomic E-state index is 11.3. The second-order valence-corrected chi connectivity index (χ2v) is 3.19. The first kappa shape index (κ1) is 15.0. The Hall–Kier alpha value is -0.992. The van der Waals surface area contributed by atoms with Gasteiger partial charge in [-0.3, -0.25) is 9.59 Å². The Labute approximate surface area is 109 Å². The van der Waals surface area contributed by atoms with Crippen LogP contribution >= 0.6 is 0 Å². The molecule has 1 aromatic rings. The summed E-state index contributed by atoms with van der Waals surface area (Å²) in [6, 6.07) is 8.19. The molecule has 86 valence electrons. The zero-order valence-electron chi connectivity index (χ0n) is 8.90. The van der Waals surface area contributed by atoms with Crippen LogP contribution in [-0.2, 0) is 37.1 Å². The quantitative estimate of drug-likeness (QED) is 0.780. The average Bonchev–Trinajstić information content (AvgIpc) is 2.28. The van der Waals surface area contributed by atoms with E-state index in [1.807, 2.05) is 30.3 Å². The van der Waals surface area contributed by atoms with Crippen molar-refractivity contribution in [3.63, 3.8) is 0 Å². The number of Topliss-reactive ketones (excluding diaryl/α,β-unsaturated/α-hetero) is 1. The molecule has 2 N–H and O–H groups in total. The molecule has 1 atom stereocenters. The molecular formula is C11H13N2O2W-. The molecule has 0 spiro atoms. The van der Waals surface area contributed by atoms with Crippen molar-refractivity contribution in [2.24, 2.45) is 0 Å². The molecule has 0 aromatic heterocycles. The molecular weight excluding hydrogens is 376 g/mol. The number of ketones is 1. The predicted octanol–water partition coefficient (Wildman–Crippen LogP) is 0.962. The van der Waals surface area contributed by atoms with E-state index in [0.717, 1.165) is 5.56 Å². The van der Waals surface area contributed by atoms with Gasteiger partial charge >= 0.3 is 0 Å². The number of carbonyl (C=O) groups is 2. The summed E-state index contributed by atoms with van der Waals surface area (Å²) in [6.45, 7) is 0. The molecule has 0 saturated heterocycles. The summed E-state index contributed by atoms with van der Waals surface area (Å²) in [4.78, 5) is 22.2. The Bertz CT molecular complexity index is 354. The normalized spacial score (nSPS) is 11.1. The first-order valence-corrected chi connectivity index (χ1v) is 4.66. The number of carbonyl (C=O) groups excluding carboxylic acids is 2. The molecule has 0 heterocycles. The van der Waals surface area contributed by atoms with Gasteiger partial charge in [-0.15, -0.1) is 0 Å². The van der Waals surface area contributed by atoms with Crippen LogP contribution < -0.4 is 5.32 Å². The molecule has 0 aliphatic rings. The molecule has 0 aliphatic carbocycles. The summed E-state index contributed by atoms with van der Waals surface area (Å²) in [5, 5.41) is 2.22. The van der Waals surface area contributed by atoms with Crippen molar-refractivity contribution in [2.45, 2.75) is 12.5 Å². The van der Waals surface area contributed by atoms with E-state index in [9.17, 15) is 9.59 Å². The van der Waals surface area contributed by atoms with Gasteiger partial charge in [0.05, 0.1) is 0 Å². The minimum absolute atomic E-state index is 0. The Morgan fingerprint density at radius 1 is 1.31 bits per heavy atom. The minimum Gasteiger partial charge on any atom is -0.668 e. The van der Waals surface area contributed by atoms with Gasteiger partial charge in [-0.1, -0.05) is 36.4 Å². The van der Waals surface area contributed by atoms with E-state index in [-0.39, 0.29) is 27.5 Å². The van der Waals surface area contributed by atoms with Crippen LogP contribution in [0.15, 0.2) is 30.3 Å². The van der Waals surface area contributed by atoms with E-state index in [0.29, 0.717) is 0 Å². The van der Waals surface area contributed by atoms with Gasteiger partial charge in [-0.25, -0.2) is 0 Å². The first-order chi connectivity index (χ1) is 7.15. The number of benzene rings is 1. The third-order valence-corrected chi connectivity index (χ3v) is 2.05. The van der Waals surface area contributed by atoms with Gasteiger partial charge < -0.3 is 11.1 Å². The van der Waals surface area contributed by atoms with Gasteiger partial charge in [-0.2, -0.15) is 0 Å². The van der Waals surface area contributed by atoms with Crippen LogP contribution in [-0.4, -0.2) is 24.8 Å². The van der Waals surface area contributed by atoms with Gasteiger partial charge in [-0.05, 0) is 12.0 Å². The smallest absolute Gasteiger partial charge is 0.285 e. The Kier molecular flexibility index (Phi) is 6.86. The summed E-state index contributed by atoms with van der Waals surface area (Å²) in [7, 11) is 1.38. The van der Waals surface area contributed by atoms with E-state index >= 15 is 0 Å². The van der Waals surface area contributed by atoms with E-state index in [1.165, 1.54) is 7.05 Å². The fraction of sp³-hybridized carbons (Fsp3) is 0.273. The van der Waals surface area contributed by atoms with Gasteiger partial charge in [0.1, 0.15) is 0 Å². The standard InChI is InChI=1S/C11H13N2O2.W/c1-13-11(15)10(14)9(12)7-8-5-3-2-4-6-8;/h2-6,9,12H,7H2,1H3,(H,13,15);/q-1;/t9-;/m0./s1. The van der Waals surface area contributed by atoms with Gasteiger partial charge in [0.15, 0.2) is 0 Å². The number of hydrogen-bond donors (Lipinski definition) is 1. The number of amides is 1. The molecule has 0 saturated carbocycles. The number of likely N-dealkylation sites (N-methyl/N-ethyl adjacent to an activating group) is 1. The molecule has 4 nitrogen and oxygen atoms in total. The van der Waals surface area contributed by atoms with Crippen molar-refractivity contribution in [3.8, 4) is 0 Å². The molecule has 0 bridgehead atoms. The van der Waals surface area contributed by atoms with Crippen LogP contribution in [0.25, 0.3) is 5.73 Å². The van der Waals surface area contributed by atoms with Crippen LogP contribution in [0, 0.1) is 0 Å². The van der Waals surface area contributed by atoms with E-state index in [4.69, 9.17) is 5.73 Å². The van der Waals surface area contributed by atoms with E-state index in [2.05, 4.69) is 5.32 Å². The summed E-state index contributed by atoms with van der Waals surface area (Å²) in [6.07, 6.45) is 0.271. The van der Waals surface area contributed by atoms with Crippen molar-refractivity contribution in [1.82, 2.24) is 5.32 Å². The van der Waals surface area contributed by atoms with Crippen LogP contribution in [0.5, 0.6) is 0 Å². The molecule has 1 amide bonds. The molecule has 16 heavy (non-hydrogen) atoms. The number of hydrogen-bond acceptors (Lipinski definition) is 2. The predicted molar refractivity (Wildman–Crippen MR) is 57.3 cm³/mol. The van der Waals surface area contributed by atoms with Crippen molar-refractivity contribution in [1.29, 1.82) is 0 Å². The SMILES string of the molecule is CNC(=O)C(=O)[C@@H]([NH-])Cc1ccccc1.[W]. The van der Waals surface area contributed by atoms with Crippen molar-refractivity contribution >= 4 is 11.7 Å². The molecule has 0 fully saturated rings. The number of nitrogens with one attached hydrogen (secondary N) is 2. The zero-order valence-corrected chi connectivity index (χ0v) is 11.8. The van der Waals surface area contributed by atoms with E-state index in [1.54, 1.807) is 0 Å². The summed E-state index contributed by atoms with van der Waals surface area (Å²) >= 11 is 0. The zero-order chi connectivity index (χ0) is 11.3. The maximum absolute atomic E-state index is 11.3. The first-order valence-electron chi connectivity index (χ1n) is 4.66. The molecule has 0 aliphatic heterocycles. The molecule has 5 heteroatoms. The summed E-state index contributed by atoms with van der Waals surface area (Å²) in [5.74, 6) is -1.40. The molecule has 0 unspecified atom stereocenters. The molecule has 0 radical (unpaired) electrons. The minimum atomic E-state index is -1.02. The Morgan fingerprint density at radius 2 is 1.88 bits per heavy atom. The third-order valence-electron chi connectivity index (χ3n) is 2.05. The van der Waals surface area contributed by atoms with Crippen LogP contribution in [0.1, 0.15) is 5.56 Å². The third kappa shape index (κ3) is 4.25. The van der Waals surface area contributed by atoms with Crippen molar-refractivity contribution in [3.05, 3.63) is 41.6 Å². The Balaban J connectivity index is 0.00000225. The van der Waals surface area contributed by atoms with Crippen molar-refractivity contribution in [2.75, 3.05) is 7.05 Å². The Morgan fingerprint density at radius 3 is 2.38 bits per heavy atom. The molecule has 1 rings (SSSR count).